The summed E-state index contributed by atoms with van der Waals surface area (Å²) in [6, 6.07) is 0. The molecule has 0 bridgehead atoms. The Labute approximate surface area is 89.7 Å². The molecule has 1 aliphatic rings. The third-order valence-corrected chi connectivity index (χ3v) is 3.37. The average molecular weight is 197 g/mol. The minimum absolute atomic E-state index is 1.06. The van der Waals surface area contributed by atoms with Crippen LogP contribution in [-0.2, 0) is 0 Å². The Morgan fingerprint density at radius 2 is 1.71 bits per heavy atom. The Bertz CT molecular complexity index is 114. The minimum Gasteiger partial charge on any atom is -0.317 e. The van der Waals surface area contributed by atoms with Crippen molar-refractivity contribution in [1.82, 2.24) is 5.32 Å². The monoisotopic (exact) mass is 197 g/mol. The predicted octanol–water partition coefficient (Wildman–Crippen LogP) is 3.74. The van der Waals surface area contributed by atoms with E-state index in [1.807, 2.05) is 0 Å². The van der Waals surface area contributed by atoms with Gasteiger partial charge in [0.1, 0.15) is 0 Å². The third-order valence-electron chi connectivity index (χ3n) is 3.37. The van der Waals surface area contributed by atoms with E-state index in [0.717, 1.165) is 5.92 Å². The fraction of sp³-hybridized carbons (Fsp3) is 1.00. The van der Waals surface area contributed by atoms with Crippen LogP contribution in [0.1, 0.15) is 64.7 Å². The van der Waals surface area contributed by atoms with Crippen molar-refractivity contribution >= 4 is 0 Å². The van der Waals surface area contributed by atoms with Crippen LogP contribution in [-0.4, -0.2) is 13.1 Å². The molecule has 1 N–H and O–H groups in total. The zero-order valence-corrected chi connectivity index (χ0v) is 9.86. The fourth-order valence-electron chi connectivity index (χ4n) is 2.47. The summed E-state index contributed by atoms with van der Waals surface area (Å²) in [6.45, 7) is 4.67. The zero-order valence-electron chi connectivity index (χ0n) is 9.86. The lowest BCUT2D eigenvalue weighted by Crippen LogP contribution is -2.16. The van der Waals surface area contributed by atoms with E-state index in [9.17, 15) is 0 Å². The lowest BCUT2D eigenvalue weighted by atomic mass is 9.95. The molecule has 1 nitrogen and oxygen atoms in total. The van der Waals surface area contributed by atoms with Gasteiger partial charge in [-0.1, -0.05) is 45.4 Å². The van der Waals surface area contributed by atoms with Crippen molar-refractivity contribution in [3.63, 3.8) is 0 Å². The molecular weight excluding hydrogens is 170 g/mol. The van der Waals surface area contributed by atoms with Crippen molar-refractivity contribution in [3.05, 3.63) is 0 Å². The van der Waals surface area contributed by atoms with Gasteiger partial charge >= 0.3 is 0 Å². The molecule has 1 rings (SSSR count). The first-order valence-corrected chi connectivity index (χ1v) is 6.64. The Balaban J connectivity index is 1.93. The molecule has 0 atom stereocenters. The van der Waals surface area contributed by atoms with Crippen LogP contribution >= 0.6 is 0 Å². The smallest absolute Gasteiger partial charge is 0.00488 e. The standard InChI is InChI=1S/C13H27N/c1-2-11-14-12-7-10-13-8-5-3-4-6-9-13/h13-14H,2-12H2,1H3. The van der Waals surface area contributed by atoms with E-state index in [2.05, 4.69) is 12.2 Å². The Kier molecular flexibility index (Phi) is 7.12. The number of rotatable bonds is 6. The first-order valence-electron chi connectivity index (χ1n) is 6.64. The number of hydrogen-bond donors (Lipinski definition) is 1. The van der Waals surface area contributed by atoms with Crippen molar-refractivity contribution in [3.8, 4) is 0 Å². The van der Waals surface area contributed by atoms with E-state index in [0.29, 0.717) is 0 Å². The summed E-state index contributed by atoms with van der Waals surface area (Å²) in [5, 5.41) is 3.49. The highest BCUT2D eigenvalue weighted by Gasteiger charge is 2.11. The molecule has 0 heterocycles. The highest BCUT2D eigenvalue weighted by Crippen LogP contribution is 2.25. The van der Waals surface area contributed by atoms with Gasteiger partial charge < -0.3 is 5.32 Å². The minimum atomic E-state index is 1.06. The second-order valence-corrected chi connectivity index (χ2v) is 4.75. The molecule has 1 aliphatic carbocycles. The lowest BCUT2D eigenvalue weighted by molar-refractivity contribution is 0.410. The van der Waals surface area contributed by atoms with Crippen LogP contribution in [0.4, 0.5) is 0 Å². The molecule has 84 valence electrons. The topological polar surface area (TPSA) is 12.0 Å². The molecule has 0 aliphatic heterocycles. The fourth-order valence-corrected chi connectivity index (χ4v) is 2.47. The van der Waals surface area contributed by atoms with Gasteiger partial charge in [0.25, 0.3) is 0 Å². The van der Waals surface area contributed by atoms with Crippen LogP contribution in [0, 0.1) is 5.92 Å². The summed E-state index contributed by atoms with van der Waals surface area (Å²) < 4.78 is 0. The highest BCUT2D eigenvalue weighted by atomic mass is 14.8. The molecule has 0 amide bonds. The molecule has 0 aromatic rings. The Morgan fingerprint density at radius 3 is 2.36 bits per heavy atom. The van der Waals surface area contributed by atoms with E-state index >= 15 is 0 Å². The second-order valence-electron chi connectivity index (χ2n) is 4.75. The molecule has 0 saturated heterocycles. The molecule has 1 fully saturated rings. The molecule has 0 spiro atoms. The van der Waals surface area contributed by atoms with E-state index in [-0.39, 0.29) is 0 Å². The van der Waals surface area contributed by atoms with Gasteiger partial charge in [0.15, 0.2) is 0 Å². The van der Waals surface area contributed by atoms with Crippen molar-refractivity contribution in [1.29, 1.82) is 0 Å². The number of nitrogens with one attached hydrogen (secondary N) is 1. The van der Waals surface area contributed by atoms with Gasteiger partial charge in [-0.2, -0.15) is 0 Å². The average Bonchev–Trinajstić information content (AvgIpc) is 2.46. The summed E-state index contributed by atoms with van der Waals surface area (Å²) in [7, 11) is 0. The Morgan fingerprint density at radius 1 is 1.00 bits per heavy atom. The maximum Gasteiger partial charge on any atom is -0.00488 e. The summed E-state index contributed by atoms with van der Waals surface area (Å²) in [5.74, 6) is 1.06. The molecule has 0 radical (unpaired) electrons. The van der Waals surface area contributed by atoms with Gasteiger partial charge in [0.05, 0.1) is 0 Å². The molecule has 0 aromatic heterocycles. The maximum atomic E-state index is 3.49. The summed E-state index contributed by atoms with van der Waals surface area (Å²) >= 11 is 0. The van der Waals surface area contributed by atoms with Crippen molar-refractivity contribution in [2.75, 3.05) is 13.1 Å². The summed E-state index contributed by atoms with van der Waals surface area (Å²) in [4.78, 5) is 0. The van der Waals surface area contributed by atoms with Crippen molar-refractivity contribution in [2.45, 2.75) is 64.7 Å². The molecule has 0 aromatic carbocycles. The lowest BCUT2D eigenvalue weighted by Gasteiger charge is -2.13. The van der Waals surface area contributed by atoms with Crippen LogP contribution in [0.15, 0.2) is 0 Å². The Hall–Kier alpha value is -0.0400. The van der Waals surface area contributed by atoms with Crippen molar-refractivity contribution < 1.29 is 0 Å². The van der Waals surface area contributed by atoms with E-state index < -0.39 is 0 Å². The van der Waals surface area contributed by atoms with Gasteiger partial charge in [-0.05, 0) is 38.3 Å². The third kappa shape index (κ3) is 5.64. The van der Waals surface area contributed by atoms with Crippen LogP contribution in [0.25, 0.3) is 0 Å². The largest absolute Gasteiger partial charge is 0.317 e. The molecule has 0 unspecified atom stereocenters. The second kappa shape index (κ2) is 8.28. The zero-order chi connectivity index (χ0) is 10.1. The van der Waals surface area contributed by atoms with Crippen LogP contribution in [0.5, 0.6) is 0 Å². The van der Waals surface area contributed by atoms with E-state index in [1.165, 1.54) is 70.9 Å². The predicted molar refractivity (Wildman–Crippen MR) is 63.6 cm³/mol. The van der Waals surface area contributed by atoms with Gasteiger partial charge in [-0.15, -0.1) is 0 Å². The first-order chi connectivity index (χ1) is 6.93. The van der Waals surface area contributed by atoms with Gasteiger partial charge in [0.2, 0.25) is 0 Å². The quantitative estimate of drug-likeness (QED) is 0.505. The molecule has 14 heavy (non-hydrogen) atoms. The van der Waals surface area contributed by atoms with Gasteiger partial charge in [0, 0.05) is 0 Å². The van der Waals surface area contributed by atoms with Crippen molar-refractivity contribution in [2.24, 2.45) is 5.92 Å². The molecular formula is C13H27N. The van der Waals surface area contributed by atoms with Crippen LogP contribution in [0.3, 0.4) is 0 Å². The number of hydrogen-bond acceptors (Lipinski definition) is 1. The molecule has 1 saturated carbocycles. The first kappa shape index (κ1) is 12.0. The van der Waals surface area contributed by atoms with E-state index in [4.69, 9.17) is 0 Å². The SMILES string of the molecule is CCCNCCCC1CCCCCC1. The summed E-state index contributed by atoms with van der Waals surface area (Å²) in [6.07, 6.45) is 13.1. The van der Waals surface area contributed by atoms with Gasteiger partial charge in [-0.25, -0.2) is 0 Å². The van der Waals surface area contributed by atoms with Crippen LogP contribution < -0.4 is 5.32 Å². The van der Waals surface area contributed by atoms with Crippen LogP contribution in [0.2, 0.25) is 0 Å². The highest BCUT2D eigenvalue weighted by molar-refractivity contribution is 4.65. The van der Waals surface area contributed by atoms with Gasteiger partial charge in [-0.3, -0.25) is 0 Å². The normalized spacial score (nSPS) is 19.5. The maximum absolute atomic E-state index is 3.49. The summed E-state index contributed by atoms with van der Waals surface area (Å²) in [5.41, 5.74) is 0. The molecule has 1 heteroatoms. The van der Waals surface area contributed by atoms with E-state index in [1.54, 1.807) is 0 Å².